The molecule has 3 aromatic rings. The van der Waals surface area contributed by atoms with Crippen molar-refractivity contribution in [3.63, 3.8) is 0 Å². The number of nitrogens with zero attached hydrogens (tertiary/aromatic N) is 1. The maximum atomic E-state index is 12.9. The minimum atomic E-state index is -3.25. The molecule has 0 saturated carbocycles. The van der Waals surface area contributed by atoms with Gasteiger partial charge in [0.15, 0.2) is 9.84 Å². The molecule has 3 aromatic carbocycles. The van der Waals surface area contributed by atoms with E-state index in [2.05, 4.69) is 29.2 Å². The Morgan fingerprint density at radius 3 is 2.46 bits per heavy atom. The average Bonchev–Trinajstić information content (AvgIpc) is 2.73. The van der Waals surface area contributed by atoms with Gasteiger partial charge in [-0.2, -0.15) is 0 Å². The quantitative estimate of drug-likeness (QED) is 0.597. The molecule has 4 heteroatoms. The number of hydrogen-bond donors (Lipinski definition) is 0. The van der Waals surface area contributed by atoms with E-state index in [-0.39, 0.29) is 5.75 Å². The average molecular weight is 394 g/mol. The van der Waals surface area contributed by atoms with Crippen molar-refractivity contribution >= 4 is 20.6 Å². The molecule has 0 aromatic heterocycles. The van der Waals surface area contributed by atoms with Gasteiger partial charge in [-0.05, 0) is 60.2 Å². The molecule has 28 heavy (non-hydrogen) atoms. The van der Waals surface area contributed by atoms with E-state index in [9.17, 15) is 8.42 Å². The summed E-state index contributed by atoms with van der Waals surface area (Å²) in [7, 11) is -3.25. The van der Waals surface area contributed by atoms with Gasteiger partial charge < -0.3 is 0 Å². The number of benzene rings is 3. The van der Waals surface area contributed by atoms with Crippen LogP contribution in [0.25, 0.3) is 10.8 Å². The number of sulfone groups is 1. The second-order valence-electron chi connectivity index (χ2n) is 7.85. The SMILES string of the molecule is O=S(=O)(CCC1CCCN(Cc2ccccc2)C1)c1ccc2ccccc2c1. The Hall–Kier alpha value is -2.17. The Balaban J connectivity index is 1.38. The topological polar surface area (TPSA) is 37.4 Å². The van der Waals surface area contributed by atoms with Crippen LogP contribution in [0.3, 0.4) is 0 Å². The minimum Gasteiger partial charge on any atom is -0.299 e. The van der Waals surface area contributed by atoms with E-state index >= 15 is 0 Å². The van der Waals surface area contributed by atoms with Crippen molar-refractivity contribution in [3.05, 3.63) is 78.4 Å². The zero-order valence-corrected chi connectivity index (χ0v) is 16.9. The maximum Gasteiger partial charge on any atom is 0.178 e. The van der Waals surface area contributed by atoms with Gasteiger partial charge in [-0.25, -0.2) is 8.42 Å². The standard InChI is InChI=1S/C24H27NO2S/c26-28(27,24-13-12-22-10-4-5-11-23(22)17-24)16-14-21-9-6-15-25(19-21)18-20-7-2-1-3-8-20/h1-5,7-8,10-13,17,21H,6,9,14-16,18-19H2. The molecule has 0 amide bonds. The third kappa shape index (κ3) is 4.62. The lowest BCUT2D eigenvalue weighted by Gasteiger charge is -2.32. The van der Waals surface area contributed by atoms with E-state index in [0.29, 0.717) is 10.8 Å². The first kappa shape index (κ1) is 19.2. The first-order chi connectivity index (χ1) is 13.6. The fraction of sp³-hybridized carbons (Fsp3) is 0.333. The summed E-state index contributed by atoms with van der Waals surface area (Å²) < 4.78 is 25.8. The molecule has 1 aliphatic heterocycles. The molecule has 1 heterocycles. The molecule has 0 N–H and O–H groups in total. The third-order valence-electron chi connectivity index (χ3n) is 5.73. The summed E-state index contributed by atoms with van der Waals surface area (Å²) >= 11 is 0. The van der Waals surface area contributed by atoms with E-state index in [4.69, 9.17) is 0 Å². The second-order valence-corrected chi connectivity index (χ2v) is 9.95. The van der Waals surface area contributed by atoms with Gasteiger partial charge in [0, 0.05) is 13.1 Å². The van der Waals surface area contributed by atoms with Crippen molar-refractivity contribution in [2.75, 3.05) is 18.8 Å². The zero-order valence-electron chi connectivity index (χ0n) is 16.1. The molecule has 1 atom stereocenters. The molecular weight excluding hydrogens is 366 g/mol. The number of hydrogen-bond acceptors (Lipinski definition) is 3. The highest BCUT2D eigenvalue weighted by molar-refractivity contribution is 7.91. The van der Waals surface area contributed by atoms with Gasteiger partial charge in [-0.3, -0.25) is 4.90 Å². The molecule has 3 nitrogen and oxygen atoms in total. The van der Waals surface area contributed by atoms with Gasteiger partial charge in [0.05, 0.1) is 10.6 Å². The summed E-state index contributed by atoms with van der Waals surface area (Å²) in [6.45, 7) is 3.04. The van der Waals surface area contributed by atoms with Crippen molar-refractivity contribution in [1.29, 1.82) is 0 Å². The molecule has 1 aliphatic rings. The Morgan fingerprint density at radius 1 is 0.893 bits per heavy atom. The summed E-state index contributed by atoms with van der Waals surface area (Å²) in [5.74, 6) is 0.683. The van der Waals surface area contributed by atoms with Crippen LogP contribution in [0.4, 0.5) is 0 Å². The molecule has 0 spiro atoms. The lowest BCUT2D eigenvalue weighted by atomic mass is 9.95. The summed E-state index contributed by atoms with van der Waals surface area (Å²) in [5.41, 5.74) is 1.33. The lowest BCUT2D eigenvalue weighted by Crippen LogP contribution is -2.35. The van der Waals surface area contributed by atoms with Crippen LogP contribution in [0, 0.1) is 5.92 Å². The molecule has 0 bridgehead atoms. The largest absolute Gasteiger partial charge is 0.299 e. The Kier molecular flexibility index (Phi) is 5.79. The molecule has 146 valence electrons. The predicted molar refractivity (Wildman–Crippen MR) is 115 cm³/mol. The highest BCUT2D eigenvalue weighted by Gasteiger charge is 2.23. The normalized spacial score (nSPS) is 18.4. The van der Waals surface area contributed by atoms with Crippen molar-refractivity contribution < 1.29 is 8.42 Å². The smallest absolute Gasteiger partial charge is 0.178 e. The van der Waals surface area contributed by atoms with Crippen molar-refractivity contribution in [3.8, 4) is 0 Å². The molecule has 0 aliphatic carbocycles. The fourth-order valence-corrected chi connectivity index (χ4v) is 5.63. The second kappa shape index (κ2) is 8.46. The molecule has 1 saturated heterocycles. The summed E-state index contributed by atoms with van der Waals surface area (Å²) in [5, 5.41) is 2.06. The van der Waals surface area contributed by atoms with Crippen LogP contribution in [-0.2, 0) is 16.4 Å². The minimum absolute atomic E-state index is 0.231. The van der Waals surface area contributed by atoms with Crippen LogP contribution in [0.5, 0.6) is 0 Å². The first-order valence-electron chi connectivity index (χ1n) is 10.1. The monoisotopic (exact) mass is 393 g/mol. The van der Waals surface area contributed by atoms with Crippen LogP contribution >= 0.6 is 0 Å². The highest BCUT2D eigenvalue weighted by Crippen LogP contribution is 2.25. The van der Waals surface area contributed by atoms with Crippen molar-refractivity contribution in [2.24, 2.45) is 5.92 Å². The molecule has 0 radical (unpaired) electrons. The van der Waals surface area contributed by atoms with Gasteiger partial charge in [0.25, 0.3) is 0 Å². The van der Waals surface area contributed by atoms with Crippen LogP contribution in [0.15, 0.2) is 77.7 Å². The molecule has 1 unspecified atom stereocenters. The summed E-state index contributed by atoms with van der Waals surface area (Å²) in [6.07, 6.45) is 3.01. The Labute approximate surface area is 167 Å². The van der Waals surface area contributed by atoms with E-state index < -0.39 is 9.84 Å². The Morgan fingerprint density at radius 2 is 1.64 bits per heavy atom. The van der Waals surface area contributed by atoms with Crippen LogP contribution in [-0.4, -0.2) is 32.2 Å². The van der Waals surface area contributed by atoms with Crippen molar-refractivity contribution in [2.45, 2.75) is 30.7 Å². The fourth-order valence-electron chi connectivity index (χ4n) is 4.17. The van der Waals surface area contributed by atoms with Crippen molar-refractivity contribution in [1.82, 2.24) is 4.90 Å². The maximum absolute atomic E-state index is 12.9. The van der Waals surface area contributed by atoms with Gasteiger partial charge in [0.1, 0.15) is 0 Å². The van der Waals surface area contributed by atoms with E-state index in [1.165, 1.54) is 5.56 Å². The van der Waals surface area contributed by atoms with Gasteiger partial charge >= 0.3 is 0 Å². The van der Waals surface area contributed by atoms with Crippen LogP contribution in [0.2, 0.25) is 0 Å². The molecule has 4 rings (SSSR count). The van der Waals surface area contributed by atoms with E-state index in [1.807, 2.05) is 42.5 Å². The zero-order chi connectivity index (χ0) is 19.4. The number of likely N-dealkylation sites (tertiary alicyclic amines) is 1. The number of rotatable bonds is 6. The van der Waals surface area contributed by atoms with Gasteiger partial charge in [0.2, 0.25) is 0 Å². The molecular formula is C24H27NO2S. The summed E-state index contributed by atoms with van der Waals surface area (Å²) in [4.78, 5) is 2.91. The molecule has 1 fully saturated rings. The lowest BCUT2D eigenvalue weighted by molar-refractivity contribution is 0.165. The number of piperidine rings is 1. The van der Waals surface area contributed by atoms with E-state index in [0.717, 1.165) is 49.7 Å². The van der Waals surface area contributed by atoms with Crippen LogP contribution < -0.4 is 0 Å². The summed E-state index contributed by atoms with van der Waals surface area (Å²) in [6, 6.07) is 23.9. The highest BCUT2D eigenvalue weighted by atomic mass is 32.2. The Bertz CT molecular complexity index is 1030. The van der Waals surface area contributed by atoms with E-state index in [1.54, 1.807) is 6.07 Å². The number of fused-ring (bicyclic) bond motifs is 1. The van der Waals surface area contributed by atoms with Gasteiger partial charge in [-0.15, -0.1) is 0 Å². The van der Waals surface area contributed by atoms with Gasteiger partial charge in [-0.1, -0.05) is 60.7 Å². The van der Waals surface area contributed by atoms with Crippen LogP contribution in [0.1, 0.15) is 24.8 Å². The first-order valence-corrected chi connectivity index (χ1v) is 11.7. The predicted octanol–water partition coefficient (Wildman–Crippen LogP) is 4.92. The third-order valence-corrected chi connectivity index (χ3v) is 7.47.